The maximum Gasteiger partial charge on any atom is 0.287 e. The first-order chi connectivity index (χ1) is 13.8. The van der Waals surface area contributed by atoms with Crippen LogP contribution in [0.1, 0.15) is 5.56 Å². The number of piperazine rings is 1. The van der Waals surface area contributed by atoms with Crippen molar-refractivity contribution in [2.75, 3.05) is 26.2 Å². The summed E-state index contributed by atoms with van der Waals surface area (Å²) < 4.78 is 27.2. The fourth-order valence-electron chi connectivity index (χ4n) is 2.79. The molecule has 29 heavy (non-hydrogen) atoms. The fourth-order valence-corrected chi connectivity index (χ4v) is 4.24. The van der Waals surface area contributed by atoms with Gasteiger partial charge in [0.15, 0.2) is 0 Å². The molecule has 1 aliphatic rings. The van der Waals surface area contributed by atoms with Crippen LogP contribution in [0.4, 0.5) is 0 Å². The molecule has 1 fully saturated rings. The third-order valence-electron chi connectivity index (χ3n) is 4.41. The summed E-state index contributed by atoms with van der Waals surface area (Å²) in [5.41, 5.74) is 0.129. The van der Waals surface area contributed by atoms with Gasteiger partial charge in [0.2, 0.25) is 15.9 Å². The zero-order valence-electron chi connectivity index (χ0n) is 15.2. The molecule has 0 radical (unpaired) electrons. The third-order valence-corrected chi connectivity index (χ3v) is 6.72. The summed E-state index contributed by atoms with van der Waals surface area (Å²) >= 11 is 11.5. The minimum atomic E-state index is -3.59. The normalized spacial score (nSPS) is 15.7. The Morgan fingerprint density at radius 1 is 1.10 bits per heavy atom. The van der Waals surface area contributed by atoms with Gasteiger partial charge in [-0.15, -0.1) is 0 Å². The predicted molar refractivity (Wildman–Crippen MR) is 111 cm³/mol. The standard InChI is InChI=1S/C18H18Cl2N4O4S/c19-15-12-21-24(18(26)17(15)20)13-16(25)22-7-9-23(10-8-22)29(27,28)11-6-14-4-2-1-3-5-14/h1-6,11-12H,7-10,13H2/b11-6+. The first-order valence-electron chi connectivity index (χ1n) is 8.70. The van der Waals surface area contributed by atoms with E-state index >= 15 is 0 Å². The number of halogens is 2. The monoisotopic (exact) mass is 456 g/mol. The van der Waals surface area contributed by atoms with Crippen molar-refractivity contribution >= 4 is 45.2 Å². The molecule has 0 atom stereocenters. The van der Waals surface area contributed by atoms with Gasteiger partial charge in [0.1, 0.15) is 11.6 Å². The smallest absolute Gasteiger partial charge is 0.287 e. The van der Waals surface area contributed by atoms with E-state index in [-0.39, 0.29) is 48.7 Å². The van der Waals surface area contributed by atoms with Gasteiger partial charge in [0.05, 0.1) is 11.2 Å². The zero-order valence-corrected chi connectivity index (χ0v) is 17.6. The fraction of sp³-hybridized carbons (Fsp3) is 0.278. The highest BCUT2D eigenvalue weighted by molar-refractivity contribution is 7.92. The average Bonchev–Trinajstić information content (AvgIpc) is 2.73. The SMILES string of the molecule is O=C(Cn1ncc(Cl)c(Cl)c1=O)N1CCN(S(=O)(=O)/C=C/c2ccccc2)CC1. The second-order valence-electron chi connectivity index (χ2n) is 6.31. The number of aromatic nitrogens is 2. The van der Waals surface area contributed by atoms with Gasteiger partial charge in [0, 0.05) is 31.6 Å². The van der Waals surface area contributed by atoms with Gasteiger partial charge in [-0.3, -0.25) is 9.59 Å². The van der Waals surface area contributed by atoms with Crippen molar-refractivity contribution in [3.63, 3.8) is 0 Å². The van der Waals surface area contributed by atoms with Crippen molar-refractivity contribution in [1.82, 2.24) is 19.0 Å². The van der Waals surface area contributed by atoms with Gasteiger partial charge in [0.25, 0.3) is 5.56 Å². The van der Waals surface area contributed by atoms with E-state index in [4.69, 9.17) is 23.2 Å². The Morgan fingerprint density at radius 3 is 2.41 bits per heavy atom. The Hall–Kier alpha value is -2.20. The van der Waals surface area contributed by atoms with Crippen LogP contribution in [0.5, 0.6) is 0 Å². The van der Waals surface area contributed by atoms with Crippen LogP contribution in [0.3, 0.4) is 0 Å². The minimum Gasteiger partial charge on any atom is -0.338 e. The number of carbonyl (C=O) groups is 1. The van der Waals surface area contributed by atoms with E-state index in [1.807, 2.05) is 30.3 Å². The van der Waals surface area contributed by atoms with Crippen molar-refractivity contribution in [3.8, 4) is 0 Å². The quantitative estimate of drug-likeness (QED) is 0.682. The Bertz CT molecular complexity index is 1080. The van der Waals surface area contributed by atoms with Gasteiger partial charge in [-0.05, 0) is 11.6 Å². The van der Waals surface area contributed by atoms with Gasteiger partial charge in [-0.1, -0.05) is 53.5 Å². The number of nitrogens with zero attached hydrogens (tertiary/aromatic N) is 4. The highest BCUT2D eigenvalue weighted by atomic mass is 35.5. The minimum absolute atomic E-state index is 0.0164. The zero-order chi connectivity index (χ0) is 21.0. The number of hydrogen-bond acceptors (Lipinski definition) is 5. The molecule has 2 heterocycles. The summed E-state index contributed by atoms with van der Waals surface area (Å²) in [6.45, 7) is 0.463. The first kappa shape index (κ1) is 21.5. The number of hydrogen-bond donors (Lipinski definition) is 0. The largest absolute Gasteiger partial charge is 0.338 e. The van der Waals surface area contributed by atoms with Gasteiger partial charge >= 0.3 is 0 Å². The summed E-state index contributed by atoms with van der Waals surface area (Å²) in [5.74, 6) is -0.352. The molecule has 8 nitrogen and oxygen atoms in total. The Labute approximate surface area is 178 Å². The predicted octanol–water partition coefficient (Wildman–Crippen LogP) is 1.70. The van der Waals surface area contributed by atoms with E-state index in [0.29, 0.717) is 0 Å². The molecular formula is C18H18Cl2N4O4S. The molecule has 3 rings (SSSR count). The lowest BCUT2D eigenvalue weighted by atomic mass is 10.2. The van der Waals surface area contributed by atoms with E-state index in [1.165, 1.54) is 26.9 Å². The molecule has 0 unspecified atom stereocenters. The highest BCUT2D eigenvalue weighted by Gasteiger charge is 2.27. The summed E-state index contributed by atoms with van der Waals surface area (Å²) in [4.78, 5) is 25.9. The summed E-state index contributed by atoms with van der Waals surface area (Å²) in [6.07, 6.45) is 2.73. The summed E-state index contributed by atoms with van der Waals surface area (Å²) in [6, 6.07) is 9.11. The summed E-state index contributed by atoms with van der Waals surface area (Å²) in [5, 5.41) is 4.79. The number of rotatable bonds is 5. The van der Waals surface area contributed by atoms with Crippen molar-refractivity contribution in [2.24, 2.45) is 0 Å². The Balaban J connectivity index is 1.60. The van der Waals surface area contributed by atoms with Crippen molar-refractivity contribution < 1.29 is 13.2 Å². The van der Waals surface area contributed by atoms with Crippen molar-refractivity contribution in [3.05, 3.63) is 67.9 Å². The lowest BCUT2D eigenvalue weighted by molar-refractivity contribution is -0.133. The van der Waals surface area contributed by atoms with Gasteiger partial charge < -0.3 is 4.90 Å². The number of amides is 1. The van der Waals surface area contributed by atoms with Crippen LogP contribution in [0.15, 0.2) is 46.7 Å². The van der Waals surface area contributed by atoms with Crippen LogP contribution >= 0.6 is 23.2 Å². The summed E-state index contributed by atoms with van der Waals surface area (Å²) in [7, 11) is -3.59. The van der Waals surface area contributed by atoms with Crippen LogP contribution in [-0.4, -0.2) is 59.5 Å². The van der Waals surface area contributed by atoms with Crippen LogP contribution < -0.4 is 5.56 Å². The maximum absolute atomic E-state index is 12.5. The van der Waals surface area contributed by atoms with E-state index in [1.54, 1.807) is 0 Å². The van der Waals surface area contributed by atoms with Crippen LogP contribution in [0.25, 0.3) is 6.08 Å². The van der Waals surface area contributed by atoms with E-state index in [0.717, 1.165) is 10.2 Å². The van der Waals surface area contributed by atoms with Gasteiger partial charge in [-0.2, -0.15) is 9.40 Å². The van der Waals surface area contributed by atoms with Crippen LogP contribution in [0, 0.1) is 0 Å². The lowest BCUT2D eigenvalue weighted by Gasteiger charge is -2.33. The van der Waals surface area contributed by atoms with Crippen molar-refractivity contribution in [2.45, 2.75) is 6.54 Å². The molecule has 1 aliphatic heterocycles. The molecule has 0 aliphatic carbocycles. The number of carbonyl (C=O) groups excluding carboxylic acids is 1. The molecular weight excluding hydrogens is 439 g/mol. The molecule has 0 bridgehead atoms. The molecule has 2 aromatic rings. The molecule has 1 aromatic heterocycles. The lowest BCUT2D eigenvalue weighted by Crippen LogP contribution is -2.51. The molecule has 1 saturated heterocycles. The third kappa shape index (κ3) is 5.24. The molecule has 11 heteroatoms. The molecule has 0 spiro atoms. The van der Waals surface area contributed by atoms with Crippen LogP contribution in [-0.2, 0) is 21.4 Å². The van der Waals surface area contributed by atoms with E-state index < -0.39 is 15.6 Å². The van der Waals surface area contributed by atoms with Crippen molar-refractivity contribution in [1.29, 1.82) is 0 Å². The maximum atomic E-state index is 12.5. The average molecular weight is 457 g/mol. The van der Waals surface area contributed by atoms with E-state index in [2.05, 4.69) is 5.10 Å². The second-order valence-corrected chi connectivity index (χ2v) is 8.91. The molecule has 1 aromatic carbocycles. The van der Waals surface area contributed by atoms with Crippen LogP contribution in [0.2, 0.25) is 10.0 Å². The molecule has 1 amide bonds. The molecule has 0 saturated carbocycles. The number of benzene rings is 1. The first-order valence-corrected chi connectivity index (χ1v) is 11.0. The van der Waals surface area contributed by atoms with Gasteiger partial charge in [-0.25, -0.2) is 13.1 Å². The Morgan fingerprint density at radius 2 is 1.76 bits per heavy atom. The topological polar surface area (TPSA) is 92.6 Å². The second kappa shape index (κ2) is 9.08. The molecule has 0 N–H and O–H groups in total. The number of sulfonamides is 1. The van der Waals surface area contributed by atoms with E-state index in [9.17, 15) is 18.0 Å². The Kier molecular flexibility index (Phi) is 6.74. The highest BCUT2D eigenvalue weighted by Crippen LogP contribution is 2.15. The molecule has 154 valence electrons.